The van der Waals surface area contributed by atoms with Gasteiger partial charge in [-0.05, 0) is 44.1 Å². The summed E-state index contributed by atoms with van der Waals surface area (Å²) in [5, 5.41) is 4.34. The molecule has 2 aliphatic rings. The lowest BCUT2D eigenvalue weighted by Gasteiger charge is -2.35. The van der Waals surface area contributed by atoms with Gasteiger partial charge in [0.05, 0.1) is 31.0 Å². The fourth-order valence-corrected chi connectivity index (χ4v) is 4.41. The van der Waals surface area contributed by atoms with E-state index in [0.29, 0.717) is 12.1 Å². The molecule has 0 N–H and O–H groups in total. The third kappa shape index (κ3) is 3.19. The van der Waals surface area contributed by atoms with E-state index in [0.717, 1.165) is 30.3 Å². The first-order valence-corrected chi connectivity index (χ1v) is 9.85. The lowest BCUT2D eigenvalue weighted by molar-refractivity contribution is 0.122. The summed E-state index contributed by atoms with van der Waals surface area (Å²) in [7, 11) is 0. The molecule has 0 unspecified atom stereocenters. The van der Waals surface area contributed by atoms with Gasteiger partial charge in [0.25, 0.3) is 0 Å². The molecule has 0 spiro atoms. The number of piperidine rings is 1. The molecule has 0 amide bonds. The monoisotopic (exact) mass is 363 g/mol. The van der Waals surface area contributed by atoms with E-state index < -0.39 is 0 Å². The van der Waals surface area contributed by atoms with Crippen molar-refractivity contribution in [1.82, 2.24) is 24.2 Å². The largest absolute Gasteiger partial charge is 0.378 e. The third-order valence-electron chi connectivity index (χ3n) is 5.78. The van der Waals surface area contributed by atoms with Crippen LogP contribution in [0.15, 0.2) is 55.1 Å². The normalized spacial score (nSPS) is 23.7. The highest BCUT2D eigenvalue weighted by atomic mass is 16.5. The smallest absolute Gasteiger partial charge is 0.140 e. The highest BCUT2D eigenvalue weighted by Gasteiger charge is 2.35. The molecule has 4 heterocycles. The molecule has 2 atom stereocenters. The first-order chi connectivity index (χ1) is 13.4. The van der Waals surface area contributed by atoms with Gasteiger partial charge in [-0.1, -0.05) is 18.6 Å². The van der Waals surface area contributed by atoms with Crippen molar-refractivity contribution in [3.8, 4) is 17.1 Å². The predicted octanol–water partition coefficient (Wildman–Crippen LogP) is 3.16. The van der Waals surface area contributed by atoms with Crippen molar-refractivity contribution in [2.75, 3.05) is 26.3 Å². The van der Waals surface area contributed by atoms with Crippen LogP contribution in [0.3, 0.4) is 0 Å². The Morgan fingerprint density at radius 3 is 2.67 bits per heavy atom. The van der Waals surface area contributed by atoms with Gasteiger partial charge in [0, 0.05) is 30.4 Å². The van der Waals surface area contributed by atoms with Gasteiger partial charge in [0.2, 0.25) is 0 Å². The summed E-state index contributed by atoms with van der Waals surface area (Å²) in [4.78, 5) is 7.31. The van der Waals surface area contributed by atoms with Crippen LogP contribution >= 0.6 is 0 Å². The fraction of sp³-hybridized carbons (Fsp3) is 0.429. The number of hydrogen-bond acceptors (Lipinski definition) is 4. The van der Waals surface area contributed by atoms with Gasteiger partial charge in [-0.3, -0.25) is 4.90 Å². The number of aromatic nitrogens is 4. The third-order valence-corrected chi connectivity index (χ3v) is 5.78. The van der Waals surface area contributed by atoms with Gasteiger partial charge >= 0.3 is 0 Å². The number of nitrogens with zero attached hydrogens (tertiary/aromatic N) is 5. The van der Waals surface area contributed by atoms with Crippen molar-refractivity contribution < 1.29 is 4.74 Å². The lowest BCUT2D eigenvalue weighted by Crippen LogP contribution is -2.44. The Bertz CT molecular complexity index is 882. The molecule has 0 saturated carbocycles. The molecule has 0 bridgehead atoms. The van der Waals surface area contributed by atoms with Crippen molar-refractivity contribution in [2.45, 2.75) is 31.3 Å². The molecule has 2 aromatic heterocycles. The summed E-state index contributed by atoms with van der Waals surface area (Å²) in [6.07, 6.45) is 11.7. The topological polar surface area (TPSA) is 48.1 Å². The van der Waals surface area contributed by atoms with Gasteiger partial charge in [0.15, 0.2) is 0 Å². The Morgan fingerprint density at radius 2 is 1.81 bits per heavy atom. The molecule has 140 valence electrons. The second-order valence-corrected chi connectivity index (χ2v) is 7.43. The molecule has 2 saturated heterocycles. The Hall–Kier alpha value is -2.44. The second kappa shape index (κ2) is 7.29. The molecule has 0 radical (unpaired) electrons. The zero-order valence-electron chi connectivity index (χ0n) is 15.4. The lowest BCUT2D eigenvalue weighted by atomic mass is 10.0. The van der Waals surface area contributed by atoms with E-state index in [1.165, 1.54) is 32.4 Å². The van der Waals surface area contributed by atoms with Crippen LogP contribution in [0.2, 0.25) is 0 Å². The number of rotatable bonds is 4. The molecule has 2 aliphatic heterocycles. The summed E-state index contributed by atoms with van der Waals surface area (Å²) in [5.41, 5.74) is 2.15. The molecule has 0 aliphatic carbocycles. The summed E-state index contributed by atoms with van der Waals surface area (Å²) in [6, 6.07) is 11.1. The molecule has 6 nitrogen and oxygen atoms in total. The Balaban J connectivity index is 1.46. The van der Waals surface area contributed by atoms with Crippen LogP contribution in [0, 0.1) is 0 Å². The van der Waals surface area contributed by atoms with Crippen LogP contribution in [0.1, 0.15) is 25.3 Å². The van der Waals surface area contributed by atoms with E-state index in [4.69, 9.17) is 9.72 Å². The van der Waals surface area contributed by atoms with Crippen LogP contribution in [-0.2, 0) is 4.74 Å². The first-order valence-electron chi connectivity index (χ1n) is 9.85. The van der Waals surface area contributed by atoms with E-state index in [-0.39, 0.29) is 0 Å². The Labute approximate surface area is 159 Å². The van der Waals surface area contributed by atoms with E-state index in [2.05, 4.69) is 45.0 Å². The predicted molar refractivity (Wildman–Crippen MR) is 104 cm³/mol. The Kier molecular flexibility index (Phi) is 4.51. The van der Waals surface area contributed by atoms with Crippen LogP contribution in [0.4, 0.5) is 0 Å². The van der Waals surface area contributed by atoms with E-state index in [1.807, 2.05) is 23.1 Å². The minimum Gasteiger partial charge on any atom is -0.378 e. The van der Waals surface area contributed by atoms with Gasteiger partial charge < -0.3 is 9.30 Å². The van der Waals surface area contributed by atoms with Gasteiger partial charge in [0.1, 0.15) is 5.82 Å². The Morgan fingerprint density at radius 1 is 0.926 bits per heavy atom. The van der Waals surface area contributed by atoms with Crippen LogP contribution < -0.4 is 0 Å². The summed E-state index contributed by atoms with van der Waals surface area (Å²) < 4.78 is 10.1. The van der Waals surface area contributed by atoms with Crippen molar-refractivity contribution in [3.05, 3.63) is 55.1 Å². The number of benzene rings is 1. The number of likely N-dealkylation sites (tertiary alicyclic amines) is 1. The molecule has 27 heavy (non-hydrogen) atoms. The van der Waals surface area contributed by atoms with Gasteiger partial charge in [-0.25, -0.2) is 9.67 Å². The van der Waals surface area contributed by atoms with Gasteiger partial charge in [-0.15, -0.1) is 0 Å². The highest BCUT2D eigenvalue weighted by molar-refractivity contribution is 5.59. The number of imidazole rings is 1. The quantitative estimate of drug-likeness (QED) is 0.714. The maximum absolute atomic E-state index is 5.92. The van der Waals surface area contributed by atoms with Crippen molar-refractivity contribution in [2.24, 2.45) is 0 Å². The van der Waals surface area contributed by atoms with E-state index >= 15 is 0 Å². The molecule has 5 rings (SSSR count). The average Bonchev–Trinajstić information content (AvgIpc) is 3.50. The average molecular weight is 363 g/mol. The summed E-state index contributed by atoms with van der Waals surface area (Å²) in [5.74, 6) is 1.00. The maximum Gasteiger partial charge on any atom is 0.140 e. The molecular weight excluding hydrogens is 338 g/mol. The highest BCUT2D eigenvalue weighted by Crippen LogP contribution is 2.31. The van der Waals surface area contributed by atoms with E-state index in [9.17, 15) is 0 Å². The number of ether oxygens (including phenoxy) is 1. The minimum absolute atomic E-state index is 0.314. The summed E-state index contributed by atoms with van der Waals surface area (Å²) in [6.45, 7) is 3.94. The molecule has 1 aromatic carbocycles. The van der Waals surface area contributed by atoms with Crippen molar-refractivity contribution in [3.63, 3.8) is 0 Å². The minimum atomic E-state index is 0.314. The molecular formula is C21H25N5O. The first kappa shape index (κ1) is 16.7. The fourth-order valence-electron chi connectivity index (χ4n) is 4.41. The zero-order chi connectivity index (χ0) is 18.1. The van der Waals surface area contributed by atoms with Crippen LogP contribution in [-0.4, -0.2) is 56.6 Å². The standard InChI is InChI=1S/C21H25N5O/c1-2-10-24(11-3-1)19-15-27-16-20(19)25-13-9-22-21(25)17-6-4-7-18(14-17)26-12-5-8-23-26/h4-9,12-14,19-20H,1-3,10-11,15-16H2/t19-,20-/m0/s1. The SMILES string of the molecule is c1cc(-c2nccn2[C@H]2COC[C@@H]2N2CCCCC2)cc(-n2cccn2)c1. The van der Waals surface area contributed by atoms with Crippen LogP contribution in [0.5, 0.6) is 0 Å². The zero-order valence-corrected chi connectivity index (χ0v) is 15.4. The maximum atomic E-state index is 5.92. The summed E-state index contributed by atoms with van der Waals surface area (Å²) >= 11 is 0. The molecule has 2 fully saturated rings. The van der Waals surface area contributed by atoms with Crippen molar-refractivity contribution in [1.29, 1.82) is 0 Å². The van der Waals surface area contributed by atoms with Gasteiger partial charge in [-0.2, -0.15) is 5.10 Å². The second-order valence-electron chi connectivity index (χ2n) is 7.43. The molecule has 3 aromatic rings. The van der Waals surface area contributed by atoms with Crippen molar-refractivity contribution >= 4 is 0 Å². The molecule has 6 heteroatoms. The number of hydrogen-bond donors (Lipinski definition) is 0. The van der Waals surface area contributed by atoms with E-state index in [1.54, 1.807) is 6.20 Å². The van der Waals surface area contributed by atoms with Crippen LogP contribution in [0.25, 0.3) is 17.1 Å².